The van der Waals surface area contributed by atoms with Crippen LogP contribution in [0.3, 0.4) is 0 Å². The number of aromatic nitrogens is 3. The number of anilines is 2. The number of nitrogens with one attached hydrogen (secondary N) is 2. The number of hydrogen-bond acceptors (Lipinski definition) is 7. The van der Waals surface area contributed by atoms with Crippen molar-refractivity contribution in [3.8, 4) is 0 Å². The molecule has 1 atom stereocenters. The highest BCUT2D eigenvalue weighted by Gasteiger charge is 2.14. The first-order valence-corrected chi connectivity index (χ1v) is 12.0. The van der Waals surface area contributed by atoms with Gasteiger partial charge in [0.15, 0.2) is 5.83 Å². The molecular weight excluding hydrogens is 447 g/mol. The van der Waals surface area contributed by atoms with Crippen LogP contribution in [0.4, 0.5) is 16.0 Å². The summed E-state index contributed by atoms with van der Waals surface area (Å²) in [4.78, 5) is 27.5. The quantitative estimate of drug-likeness (QED) is 0.328. The summed E-state index contributed by atoms with van der Waals surface area (Å²) < 4.78 is 19.7. The minimum absolute atomic E-state index is 0.00382. The zero-order valence-electron chi connectivity index (χ0n) is 19.9. The average Bonchev–Trinajstić information content (AvgIpc) is 2.89. The van der Waals surface area contributed by atoms with Gasteiger partial charge in [0.1, 0.15) is 18.0 Å². The SMILES string of the molecule is CC(Nc1ncnc2cnc(NC(=O)C(F)=CCCCCN3CCOCC3)cc12)c1ccccc1. The lowest BCUT2D eigenvalue weighted by molar-refractivity contribution is -0.114. The summed E-state index contributed by atoms with van der Waals surface area (Å²) >= 11 is 0. The Labute approximate surface area is 204 Å². The number of fused-ring (bicyclic) bond motifs is 1. The maximum absolute atomic E-state index is 14.4. The van der Waals surface area contributed by atoms with Gasteiger partial charge in [-0.3, -0.25) is 9.69 Å². The summed E-state index contributed by atoms with van der Waals surface area (Å²) in [6.45, 7) is 6.43. The predicted molar refractivity (Wildman–Crippen MR) is 135 cm³/mol. The van der Waals surface area contributed by atoms with Gasteiger partial charge < -0.3 is 15.4 Å². The van der Waals surface area contributed by atoms with Crippen LogP contribution in [0.5, 0.6) is 0 Å². The smallest absolute Gasteiger partial charge is 0.285 e. The Bertz CT molecular complexity index is 1150. The highest BCUT2D eigenvalue weighted by Crippen LogP contribution is 2.25. The summed E-state index contributed by atoms with van der Waals surface area (Å²) in [6.07, 6.45) is 6.62. The van der Waals surface area contributed by atoms with Gasteiger partial charge >= 0.3 is 0 Å². The summed E-state index contributed by atoms with van der Waals surface area (Å²) in [5, 5.41) is 6.61. The number of rotatable bonds is 10. The van der Waals surface area contributed by atoms with E-state index in [9.17, 15) is 9.18 Å². The summed E-state index contributed by atoms with van der Waals surface area (Å²) in [5.74, 6) is -0.767. The summed E-state index contributed by atoms with van der Waals surface area (Å²) in [5.41, 5.74) is 1.73. The van der Waals surface area contributed by atoms with E-state index in [4.69, 9.17) is 4.74 Å². The Morgan fingerprint density at radius 1 is 1.17 bits per heavy atom. The number of amides is 1. The molecule has 35 heavy (non-hydrogen) atoms. The van der Waals surface area contributed by atoms with Crippen molar-refractivity contribution in [2.75, 3.05) is 43.5 Å². The van der Waals surface area contributed by atoms with Crippen LogP contribution < -0.4 is 10.6 Å². The third kappa shape index (κ3) is 7.03. The number of unbranched alkanes of at least 4 members (excludes halogenated alkanes) is 2. The van der Waals surface area contributed by atoms with Crippen LogP contribution in [-0.2, 0) is 9.53 Å². The molecule has 3 heterocycles. The molecule has 1 aliphatic heterocycles. The molecule has 0 radical (unpaired) electrons. The highest BCUT2D eigenvalue weighted by molar-refractivity contribution is 6.02. The fraction of sp³-hybridized carbons (Fsp3) is 0.385. The normalized spacial score (nSPS) is 15.7. The lowest BCUT2D eigenvalue weighted by Crippen LogP contribution is -2.36. The van der Waals surface area contributed by atoms with Crippen molar-refractivity contribution in [3.63, 3.8) is 0 Å². The maximum Gasteiger partial charge on any atom is 0.285 e. The zero-order chi connectivity index (χ0) is 24.5. The molecule has 1 aliphatic rings. The van der Waals surface area contributed by atoms with Crippen LogP contribution in [0.25, 0.3) is 10.9 Å². The Morgan fingerprint density at radius 3 is 2.77 bits per heavy atom. The van der Waals surface area contributed by atoms with E-state index in [1.807, 2.05) is 37.3 Å². The largest absolute Gasteiger partial charge is 0.379 e. The summed E-state index contributed by atoms with van der Waals surface area (Å²) in [7, 11) is 0. The van der Waals surface area contributed by atoms with Crippen LogP contribution in [0.1, 0.15) is 37.8 Å². The van der Waals surface area contributed by atoms with E-state index in [0.29, 0.717) is 23.1 Å². The number of hydrogen-bond donors (Lipinski definition) is 2. The number of ether oxygens (including phenoxy) is 1. The molecular formula is C26H31FN6O2. The van der Waals surface area contributed by atoms with Crippen LogP contribution in [-0.4, -0.2) is 58.6 Å². The molecule has 8 nitrogen and oxygen atoms in total. The van der Waals surface area contributed by atoms with E-state index in [1.165, 1.54) is 18.6 Å². The molecule has 0 spiro atoms. The number of carbonyl (C=O) groups excluding carboxylic acids is 1. The Balaban J connectivity index is 1.34. The first-order chi connectivity index (χ1) is 17.1. The Kier molecular flexibility index (Phi) is 8.69. The minimum atomic E-state index is -0.811. The van der Waals surface area contributed by atoms with Crippen molar-refractivity contribution >= 4 is 28.4 Å². The topological polar surface area (TPSA) is 92.3 Å². The van der Waals surface area contributed by atoms with E-state index < -0.39 is 11.7 Å². The van der Waals surface area contributed by atoms with Crippen LogP contribution in [0, 0.1) is 0 Å². The molecule has 1 fully saturated rings. The molecule has 2 aromatic heterocycles. The monoisotopic (exact) mass is 478 g/mol. The minimum Gasteiger partial charge on any atom is -0.379 e. The number of pyridine rings is 1. The second-order valence-corrected chi connectivity index (χ2v) is 8.54. The van der Waals surface area contributed by atoms with Crippen LogP contribution in [0.15, 0.2) is 60.8 Å². The Morgan fingerprint density at radius 2 is 1.97 bits per heavy atom. The molecule has 184 valence electrons. The van der Waals surface area contributed by atoms with Gasteiger partial charge in [0.2, 0.25) is 0 Å². The molecule has 0 saturated carbocycles. The molecule has 1 saturated heterocycles. The second-order valence-electron chi connectivity index (χ2n) is 8.54. The molecule has 9 heteroatoms. The maximum atomic E-state index is 14.4. The molecule has 3 aromatic rings. The lowest BCUT2D eigenvalue weighted by Gasteiger charge is -2.26. The van der Waals surface area contributed by atoms with Crippen molar-refractivity contribution in [3.05, 3.63) is 66.4 Å². The fourth-order valence-electron chi connectivity index (χ4n) is 3.97. The second kappa shape index (κ2) is 12.3. The third-order valence-electron chi connectivity index (χ3n) is 5.99. The van der Waals surface area contributed by atoms with Gasteiger partial charge in [-0.15, -0.1) is 0 Å². The van der Waals surface area contributed by atoms with Gasteiger partial charge in [-0.2, -0.15) is 0 Å². The first-order valence-electron chi connectivity index (χ1n) is 12.0. The van der Waals surface area contributed by atoms with Gasteiger partial charge in [0.25, 0.3) is 5.91 Å². The number of benzene rings is 1. The molecule has 1 unspecified atom stereocenters. The van der Waals surface area contributed by atoms with E-state index in [1.54, 1.807) is 6.07 Å². The molecule has 4 rings (SSSR count). The molecule has 0 bridgehead atoms. The van der Waals surface area contributed by atoms with Gasteiger partial charge in [-0.25, -0.2) is 19.3 Å². The van der Waals surface area contributed by atoms with Gasteiger partial charge in [-0.1, -0.05) is 30.3 Å². The van der Waals surface area contributed by atoms with Gasteiger partial charge in [0.05, 0.1) is 24.9 Å². The highest BCUT2D eigenvalue weighted by atomic mass is 19.1. The van der Waals surface area contributed by atoms with Crippen LogP contribution >= 0.6 is 0 Å². The van der Waals surface area contributed by atoms with E-state index in [2.05, 4.69) is 30.5 Å². The van der Waals surface area contributed by atoms with Crippen molar-refractivity contribution in [2.45, 2.75) is 32.2 Å². The van der Waals surface area contributed by atoms with Crippen molar-refractivity contribution in [1.82, 2.24) is 19.9 Å². The first kappa shape index (κ1) is 24.7. The molecule has 1 aromatic carbocycles. The van der Waals surface area contributed by atoms with E-state index >= 15 is 0 Å². The number of morpholine rings is 1. The number of halogens is 1. The fourth-order valence-corrected chi connectivity index (χ4v) is 3.97. The Hall–Kier alpha value is -3.43. The molecule has 0 aliphatic carbocycles. The predicted octanol–water partition coefficient (Wildman–Crippen LogP) is 4.49. The average molecular weight is 479 g/mol. The van der Waals surface area contributed by atoms with Crippen molar-refractivity contribution in [2.24, 2.45) is 0 Å². The summed E-state index contributed by atoms with van der Waals surface area (Å²) in [6, 6.07) is 11.7. The standard InChI is InChI=1S/C26H31FN6O2/c1-19(20-8-4-2-5-9-20)31-25-21-16-24(28-17-23(21)29-18-30-25)32-26(34)22(27)10-6-3-7-11-33-12-14-35-15-13-33/h2,4-5,8-10,16-19H,3,6-7,11-15H2,1H3,(H,28,32,34)(H,29,30,31). The van der Waals surface area contributed by atoms with Gasteiger partial charge in [0, 0.05) is 24.5 Å². The lowest BCUT2D eigenvalue weighted by atomic mass is 10.1. The molecule has 2 N–H and O–H groups in total. The van der Waals surface area contributed by atoms with Crippen LogP contribution in [0.2, 0.25) is 0 Å². The van der Waals surface area contributed by atoms with Crippen molar-refractivity contribution in [1.29, 1.82) is 0 Å². The third-order valence-corrected chi connectivity index (χ3v) is 5.99. The van der Waals surface area contributed by atoms with Gasteiger partial charge in [-0.05, 0) is 50.4 Å². The number of carbonyl (C=O) groups is 1. The number of nitrogens with zero attached hydrogens (tertiary/aromatic N) is 4. The van der Waals surface area contributed by atoms with E-state index in [0.717, 1.165) is 51.3 Å². The number of allylic oxidation sites excluding steroid dienone is 1. The molecule has 1 amide bonds. The van der Waals surface area contributed by atoms with E-state index in [-0.39, 0.29) is 11.9 Å². The zero-order valence-corrected chi connectivity index (χ0v) is 19.9. The van der Waals surface area contributed by atoms with Crippen molar-refractivity contribution < 1.29 is 13.9 Å².